The van der Waals surface area contributed by atoms with E-state index < -0.39 is 11.7 Å². The Hall–Kier alpha value is -2.11. The van der Waals surface area contributed by atoms with Gasteiger partial charge in [0, 0.05) is 13.9 Å². The number of hydrogen-bond donors (Lipinski definition) is 0. The Morgan fingerprint density at radius 3 is 2.52 bits per heavy atom. The summed E-state index contributed by atoms with van der Waals surface area (Å²) in [6, 6.07) is 13.8. The fraction of sp³-hybridized carbons (Fsp3) is 0.231. The maximum Gasteiger partial charge on any atom is 0.417 e. The lowest BCUT2D eigenvalue weighted by atomic mass is 9.92. The smallest absolute Gasteiger partial charge is 0.166 e. The summed E-state index contributed by atoms with van der Waals surface area (Å²) in [6.45, 7) is 6.31. The van der Waals surface area contributed by atoms with E-state index in [1.807, 2.05) is 24.3 Å². The van der Waals surface area contributed by atoms with Crippen LogP contribution in [0.15, 0.2) is 59.6 Å². The molecule has 5 heteroatoms. The number of hydrogen-bond acceptors (Lipinski definition) is 1. The average Bonchev–Trinajstić information content (AvgIpc) is 3.11. The zero-order valence-corrected chi connectivity index (χ0v) is 19.5. The molecule has 2 aromatic carbocycles. The molecular weight excluding hydrogens is 481 g/mol. The van der Waals surface area contributed by atoms with Gasteiger partial charge in [-0.3, -0.25) is 0 Å². The maximum atomic E-state index is 13.7. The third kappa shape index (κ3) is 4.58. The van der Waals surface area contributed by atoms with Crippen LogP contribution in [0, 0.1) is 5.92 Å². The van der Waals surface area contributed by atoms with Crippen molar-refractivity contribution >= 4 is 45.0 Å². The lowest BCUT2D eigenvalue weighted by Gasteiger charge is -2.15. The van der Waals surface area contributed by atoms with Gasteiger partial charge >= 0.3 is 6.18 Å². The third-order valence-corrected chi connectivity index (χ3v) is 7.54. The predicted molar refractivity (Wildman–Crippen MR) is 127 cm³/mol. The first-order valence-electron chi connectivity index (χ1n) is 10.2. The van der Waals surface area contributed by atoms with E-state index in [0.717, 1.165) is 49.1 Å². The van der Waals surface area contributed by atoms with Crippen molar-refractivity contribution in [2.45, 2.75) is 32.4 Å². The van der Waals surface area contributed by atoms with E-state index in [4.69, 9.17) is 0 Å². The van der Waals surface area contributed by atoms with Crippen LogP contribution in [-0.2, 0) is 12.6 Å². The predicted octanol–water partition coefficient (Wildman–Crippen LogP) is 7.17. The maximum absolute atomic E-state index is 13.7. The molecule has 31 heavy (non-hydrogen) atoms. The van der Waals surface area contributed by atoms with Crippen molar-refractivity contribution in [2.75, 3.05) is 0 Å². The van der Waals surface area contributed by atoms with Crippen LogP contribution in [0.5, 0.6) is 0 Å². The SMILES string of the molecule is C=C(c1ccccc1C(F)(F)F)c1sc2c(c1Cc1ccc(Br)cc1)=CCC(CC)C=2. The Labute approximate surface area is 192 Å². The lowest BCUT2D eigenvalue weighted by Crippen LogP contribution is -2.27. The van der Waals surface area contributed by atoms with Crippen LogP contribution < -0.4 is 9.75 Å². The van der Waals surface area contributed by atoms with Gasteiger partial charge in [0.2, 0.25) is 0 Å². The van der Waals surface area contributed by atoms with Crippen molar-refractivity contribution in [3.8, 4) is 0 Å². The van der Waals surface area contributed by atoms with Gasteiger partial charge in [-0.1, -0.05) is 71.9 Å². The summed E-state index contributed by atoms with van der Waals surface area (Å²) in [5.74, 6) is 0.468. The fourth-order valence-corrected chi connectivity index (χ4v) is 5.62. The van der Waals surface area contributed by atoms with Crippen molar-refractivity contribution in [1.82, 2.24) is 0 Å². The van der Waals surface area contributed by atoms with E-state index >= 15 is 0 Å². The molecule has 0 N–H and O–H groups in total. The summed E-state index contributed by atoms with van der Waals surface area (Å²) in [5.41, 5.74) is 2.13. The summed E-state index contributed by atoms with van der Waals surface area (Å²) in [4.78, 5) is 0.842. The molecule has 1 aromatic heterocycles. The first-order valence-corrected chi connectivity index (χ1v) is 11.8. The number of fused-ring (bicyclic) bond motifs is 1. The van der Waals surface area contributed by atoms with Crippen LogP contribution in [-0.4, -0.2) is 0 Å². The molecule has 0 bridgehead atoms. The Balaban J connectivity index is 1.88. The molecule has 0 radical (unpaired) electrons. The Morgan fingerprint density at radius 1 is 1.13 bits per heavy atom. The molecule has 1 atom stereocenters. The summed E-state index contributed by atoms with van der Waals surface area (Å²) in [5, 5.41) is 1.15. The Bertz CT molecular complexity index is 1230. The van der Waals surface area contributed by atoms with Gasteiger partial charge in [-0.05, 0) is 70.9 Å². The molecule has 1 heterocycles. The van der Waals surface area contributed by atoms with Crippen molar-refractivity contribution in [2.24, 2.45) is 5.92 Å². The molecular formula is C26H22BrF3S. The van der Waals surface area contributed by atoms with E-state index in [1.54, 1.807) is 17.4 Å². The summed E-state index contributed by atoms with van der Waals surface area (Å²) in [7, 11) is 0. The van der Waals surface area contributed by atoms with Gasteiger partial charge in [-0.15, -0.1) is 11.3 Å². The van der Waals surface area contributed by atoms with Gasteiger partial charge < -0.3 is 0 Å². The van der Waals surface area contributed by atoms with Gasteiger partial charge in [0.1, 0.15) is 0 Å². The van der Waals surface area contributed by atoms with Gasteiger partial charge in [0.05, 0.1) is 5.56 Å². The highest BCUT2D eigenvalue weighted by molar-refractivity contribution is 9.10. The van der Waals surface area contributed by atoms with Crippen LogP contribution >= 0.6 is 27.3 Å². The summed E-state index contributed by atoms with van der Waals surface area (Å²) < 4.78 is 43.2. The van der Waals surface area contributed by atoms with Crippen molar-refractivity contribution < 1.29 is 13.2 Å². The van der Waals surface area contributed by atoms with Crippen LogP contribution in [0.25, 0.3) is 17.7 Å². The average molecular weight is 503 g/mol. The van der Waals surface area contributed by atoms with Crippen LogP contribution in [0.3, 0.4) is 0 Å². The van der Waals surface area contributed by atoms with Crippen LogP contribution in [0.2, 0.25) is 0 Å². The minimum Gasteiger partial charge on any atom is -0.166 e. The minimum atomic E-state index is -4.42. The van der Waals surface area contributed by atoms with E-state index in [1.165, 1.54) is 12.1 Å². The highest BCUT2D eigenvalue weighted by Gasteiger charge is 2.34. The van der Waals surface area contributed by atoms with E-state index in [9.17, 15) is 13.2 Å². The molecule has 160 valence electrons. The number of rotatable bonds is 5. The summed E-state index contributed by atoms with van der Waals surface area (Å²) in [6.07, 6.45) is 2.76. The number of benzene rings is 2. The molecule has 0 fully saturated rings. The van der Waals surface area contributed by atoms with Gasteiger partial charge in [0.25, 0.3) is 0 Å². The third-order valence-electron chi connectivity index (χ3n) is 5.74. The van der Waals surface area contributed by atoms with E-state index in [2.05, 4.69) is 41.6 Å². The molecule has 0 spiro atoms. The van der Waals surface area contributed by atoms with Crippen molar-refractivity contribution in [1.29, 1.82) is 0 Å². The largest absolute Gasteiger partial charge is 0.417 e. The Kier molecular flexibility index (Phi) is 6.27. The molecule has 1 unspecified atom stereocenters. The zero-order valence-electron chi connectivity index (χ0n) is 17.1. The standard InChI is InChI=1S/C26H22BrF3S/c1-3-17-10-13-21-22(14-18-8-11-19(27)12-9-18)25(31-24(21)15-17)16(2)20-6-4-5-7-23(20)26(28,29)30/h4-9,11-13,15,17H,2-3,10,14H2,1H3. The monoisotopic (exact) mass is 502 g/mol. The molecule has 1 aliphatic carbocycles. The lowest BCUT2D eigenvalue weighted by molar-refractivity contribution is -0.137. The first-order chi connectivity index (χ1) is 14.8. The number of thiophene rings is 1. The topological polar surface area (TPSA) is 0 Å². The quantitative estimate of drug-likeness (QED) is 0.346. The van der Waals surface area contributed by atoms with E-state index in [-0.39, 0.29) is 5.56 Å². The second-order valence-electron chi connectivity index (χ2n) is 7.79. The first kappa shape index (κ1) is 22.1. The zero-order chi connectivity index (χ0) is 22.2. The van der Waals surface area contributed by atoms with Crippen molar-refractivity contribution in [3.63, 3.8) is 0 Å². The molecule has 0 saturated heterocycles. The molecule has 0 aliphatic heterocycles. The normalized spacial score (nSPS) is 15.7. The summed E-state index contributed by atoms with van der Waals surface area (Å²) >= 11 is 5.03. The molecule has 3 aromatic rings. The molecule has 1 aliphatic rings. The van der Waals surface area contributed by atoms with Gasteiger partial charge in [-0.2, -0.15) is 13.2 Å². The second kappa shape index (κ2) is 8.79. The number of halogens is 4. The highest BCUT2D eigenvalue weighted by atomic mass is 79.9. The molecule has 0 saturated carbocycles. The van der Waals surface area contributed by atoms with Gasteiger partial charge in [-0.25, -0.2) is 0 Å². The molecule has 4 rings (SSSR count). The Morgan fingerprint density at radius 2 is 1.84 bits per heavy atom. The molecule has 0 amide bonds. The second-order valence-corrected chi connectivity index (χ2v) is 9.76. The number of alkyl halides is 3. The van der Waals surface area contributed by atoms with Gasteiger partial charge in [0.15, 0.2) is 0 Å². The fourth-order valence-electron chi connectivity index (χ4n) is 4.02. The highest BCUT2D eigenvalue weighted by Crippen LogP contribution is 2.38. The minimum absolute atomic E-state index is 0.151. The van der Waals surface area contributed by atoms with Crippen LogP contribution in [0.4, 0.5) is 13.2 Å². The van der Waals surface area contributed by atoms with Crippen LogP contribution in [0.1, 0.15) is 46.9 Å². The van der Waals surface area contributed by atoms with Crippen molar-refractivity contribution in [3.05, 3.63) is 96.5 Å². The van der Waals surface area contributed by atoms with E-state index in [0.29, 0.717) is 17.9 Å². The molecule has 0 nitrogen and oxygen atoms in total.